The molecule has 1 N–H and O–H groups in total. The van der Waals surface area contributed by atoms with Gasteiger partial charge in [-0.15, -0.1) is 0 Å². The third kappa shape index (κ3) is 2.67. The van der Waals surface area contributed by atoms with E-state index in [1.165, 1.54) is 23.1 Å². The molecule has 0 bridgehead atoms. The molecule has 1 aromatic heterocycles. The zero-order chi connectivity index (χ0) is 11.4. The summed E-state index contributed by atoms with van der Waals surface area (Å²) in [5, 5.41) is 7.03. The highest BCUT2D eigenvalue weighted by atomic mass is 16.5. The molecule has 0 saturated carbocycles. The summed E-state index contributed by atoms with van der Waals surface area (Å²) in [4.78, 5) is 3.95. The Morgan fingerprint density at radius 2 is 2.12 bits per heavy atom. The van der Waals surface area contributed by atoms with Crippen molar-refractivity contribution < 1.29 is 4.52 Å². The molecule has 1 aromatic carbocycles. The molecule has 2 aromatic rings. The van der Waals surface area contributed by atoms with Crippen molar-refractivity contribution in [1.82, 2.24) is 15.5 Å². The van der Waals surface area contributed by atoms with E-state index in [2.05, 4.69) is 52.0 Å². The van der Waals surface area contributed by atoms with E-state index in [0.29, 0.717) is 12.4 Å². The highest BCUT2D eigenvalue weighted by molar-refractivity contribution is 5.30. The summed E-state index contributed by atoms with van der Waals surface area (Å²) in [6, 6.07) is 6.46. The summed E-state index contributed by atoms with van der Waals surface area (Å²) in [7, 11) is 0. The van der Waals surface area contributed by atoms with Gasteiger partial charge in [-0.05, 0) is 25.0 Å². The molecule has 0 saturated heterocycles. The largest absolute Gasteiger partial charge is 0.343 e. The minimum atomic E-state index is 0.629. The third-order valence-electron chi connectivity index (χ3n) is 2.51. The van der Waals surface area contributed by atoms with Gasteiger partial charge in [0, 0.05) is 6.54 Å². The first kappa shape index (κ1) is 10.8. The smallest absolute Gasteiger partial charge is 0.213 e. The Morgan fingerprint density at radius 3 is 2.88 bits per heavy atom. The summed E-state index contributed by atoms with van der Waals surface area (Å²) in [6.45, 7) is 5.67. The maximum Gasteiger partial charge on any atom is 0.213 e. The van der Waals surface area contributed by atoms with Crippen molar-refractivity contribution in [3.63, 3.8) is 0 Å². The molecule has 2 rings (SSSR count). The Kier molecular flexibility index (Phi) is 3.31. The van der Waals surface area contributed by atoms with Crippen molar-refractivity contribution in [3.05, 3.63) is 47.1 Å². The lowest BCUT2D eigenvalue weighted by molar-refractivity contribution is 0.407. The van der Waals surface area contributed by atoms with E-state index in [1.807, 2.05) is 0 Å². The Balaban J connectivity index is 1.92. The molecule has 0 radical (unpaired) electrons. The van der Waals surface area contributed by atoms with Crippen LogP contribution in [0, 0.1) is 13.8 Å². The molecule has 84 valence electrons. The van der Waals surface area contributed by atoms with Crippen LogP contribution in [0.25, 0.3) is 0 Å². The van der Waals surface area contributed by atoms with Gasteiger partial charge in [-0.3, -0.25) is 0 Å². The van der Waals surface area contributed by atoms with Gasteiger partial charge in [0.15, 0.2) is 5.82 Å². The Labute approximate surface area is 94.7 Å². The first-order valence-corrected chi connectivity index (χ1v) is 5.28. The molecule has 0 aliphatic heterocycles. The Hall–Kier alpha value is -1.68. The number of hydrogen-bond acceptors (Lipinski definition) is 4. The molecule has 16 heavy (non-hydrogen) atoms. The maximum atomic E-state index is 4.66. The Bertz CT molecular complexity index is 451. The van der Waals surface area contributed by atoms with E-state index >= 15 is 0 Å². The van der Waals surface area contributed by atoms with Crippen LogP contribution in [0.5, 0.6) is 0 Å². The van der Waals surface area contributed by atoms with Crippen molar-refractivity contribution in [2.24, 2.45) is 0 Å². The highest BCUT2D eigenvalue weighted by Crippen LogP contribution is 2.10. The van der Waals surface area contributed by atoms with Gasteiger partial charge < -0.3 is 9.84 Å². The van der Waals surface area contributed by atoms with E-state index in [-0.39, 0.29) is 0 Å². The number of aryl methyl sites for hydroxylation is 2. The average molecular weight is 217 g/mol. The normalized spacial score (nSPS) is 10.6. The number of nitrogens with zero attached hydrogens (tertiary/aromatic N) is 2. The number of hydrogen-bond donors (Lipinski definition) is 1. The molecule has 4 nitrogen and oxygen atoms in total. The van der Waals surface area contributed by atoms with E-state index in [1.54, 1.807) is 0 Å². The molecule has 0 aliphatic rings. The summed E-state index contributed by atoms with van der Waals surface area (Å²) in [5.74, 6) is 0.685. The lowest BCUT2D eigenvalue weighted by Crippen LogP contribution is -2.14. The van der Waals surface area contributed by atoms with Crippen molar-refractivity contribution >= 4 is 0 Å². The summed E-state index contributed by atoms with van der Waals surface area (Å²) < 4.78 is 4.66. The van der Waals surface area contributed by atoms with Gasteiger partial charge in [-0.2, -0.15) is 4.98 Å². The second-order valence-corrected chi connectivity index (χ2v) is 3.88. The molecule has 0 atom stereocenters. The third-order valence-corrected chi connectivity index (χ3v) is 2.51. The molecule has 0 spiro atoms. The zero-order valence-corrected chi connectivity index (χ0v) is 9.53. The summed E-state index contributed by atoms with van der Waals surface area (Å²) in [6.07, 6.45) is 1.34. The Morgan fingerprint density at radius 1 is 1.25 bits per heavy atom. The van der Waals surface area contributed by atoms with Crippen LogP contribution < -0.4 is 5.32 Å². The van der Waals surface area contributed by atoms with Crippen LogP contribution >= 0.6 is 0 Å². The number of rotatable bonds is 4. The van der Waals surface area contributed by atoms with E-state index in [0.717, 1.165) is 6.54 Å². The number of aromatic nitrogens is 2. The second kappa shape index (κ2) is 4.90. The molecule has 0 unspecified atom stereocenters. The van der Waals surface area contributed by atoms with Crippen LogP contribution in [-0.2, 0) is 13.1 Å². The highest BCUT2D eigenvalue weighted by Gasteiger charge is 2.00. The lowest BCUT2D eigenvalue weighted by atomic mass is 10.1. The summed E-state index contributed by atoms with van der Waals surface area (Å²) in [5.41, 5.74) is 3.89. The molecule has 0 fully saturated rings. The topological polar surface area (TPSA) is 51.0 Å². The maximum absolute atomic E-state index is 4.66. The van der Waals surface area contributed by atoms with Crippen molar-refractivity contribution in [2.75, 3.05) is 0 Å². The van der Waals surface area contributed by atoms with Crippen LogP contribution in [0.4, 0.5) is 0 Å². The lowest BCUT2D eigenvalue weighted by Gasteiger charge is -2.07. The zero-order valence-electron chi connectivity index (χ0n) is 9.53. The minimum absolute atomic E-state index is 0.629. The molecular formula is C12H15N3O. The van der Waals surface area contributed by atoms with Crippen LogP contribution in [0.3, 0.4) is 0 Å². The fraction of sp³-hybridized carbons (Fsp3) is 0.333. The van der Waals surface area contributed by atoms with E-state index in [4.69, 9.17) is 0 Å². The van der Waals surface area contributed by atoms with Crippen LogP contribution in [0.1, 0.15) is 22.5 Å². The van der Waals surface area contributed by atoms with Gasteiger partial charge in [0.1, 0.15) is 0 Å². The predicted octanol–water partition coefficient (Wildman–Crippen LogP) is 1.98. The molecular weight excluding hydrogens is 202 g/mol. The van der Waals surface area contributed by atoms with E-state index in [9.17, 15) is 0 Å². The van der Waals surface area contributed by atoms with Gasteiger partial charge in [-0.25, -0.2) is 0 Å². The first-order valence-electron chi connectivity index (χ1n) is 5.28. The molecule has 0 amide bonds. The minimum Gasteiger partial charge on any atom is -0.343 e. The van der Waals surface area contributed by atoms with Gasteiger partial charge >= 0.3 is 0 Å². The number of benzene rings is 1. The molecule has 1 heterocycles. The first-order chi connectivity index (χ1) is 7.75. The molecule has 4 heteroatoms. The van der Waals surface area contributed by atoms with Crippen LogP contribution in [0.15, 0.2) is 29.1 Å². The van der Waals surface area contributed by atoms with Gasteiger partial charge in [-0.1, -0.05) is 28.9 Å². The van der Waals surface area contributed by atoms with Crippen molar-refractivity contribution in [2.45, 2.75) is 26.9 Å². The predicted molar refractivity (Wildman–Crippen MR) is 60.8 cm³/mol. The summed E-state index contributed by atoms with van der Waals surface area (Å²) >= 11 is 0. The fourth-order valence-corrected chi connectivity index (χ4v) is 1.57. The SMILES string of the molecule is Cc1ccc(C)c(CNCc2ncon2)c1. The van der Waals surface area contributed by atoms with Crippen molar-refractivity contribution in [1.29, 1.82) is 0 Å². The fourth-order valence-electron chi connectivity index (χ4n) is 1.57. The second-order valence-electron chi connectivity index (χ2n) is 3.88. The monoisotopic (exact) mass is 217 g/mol. The standard InChI is InChI=1S/C12H15N3O/c1-9-3-4-10(2)11(5-9)6-13-7-12-14-8-16-15-12/h3-5,8,13H,6-7H2,1-2H3. The van der Waals surface area contributed by atoms with Crippen LogP contribution in [0.2, 0.25) is 0 Å². The average Bonchev–Trinajstić information content (AvgIpc) is 2.76. The van der Waals surface area contributed by atoms with Gasteiger partial charge in [0.2, 0.25) is 6.39 Å². The van der Waals surface area contributed by atoms with Gasteiger partial charge in [0.05, 0.1) is 6.54 Å². The number of nitrogens with one attached hydrogen (secondary N) is 1. The quantitative estimate of drug-likeness (QED) is 0.850. The van der Waals surface area contributed by atoms with Crippen molar-refractivity contribution in [3.8, 4) is 0 Å². The molecule has 0 aliphatic carbocycles. The van der Waals surface area contributed by atoms with Gasteiger partial charge in [0.25, 0.3) is 0 Å². The van der Waals surface area contributed by atoms with E-state index < -0.39 is 0 Å². The van der Waals surface area contributed by atoms with Crippen LogP contribution in [-0.4, -0.2) is 10.1 Å².